The van der Waals surface area contributed by atoms with Gasteiger partial charge in [-0.25, -0.2) is 4.79 Å². The summed E-state index contributed by atoms with van der Waals surface area (Å²) in [5, 5.41) is 4.23. The summed E-state index contributed by atoms with van der Waals surface area (Å²) in [7, 11) is -5.84. The van der Waals surface area contributed by atoms with Crippen LogP contribution in [0, 0.1) is 0 Å². The molecule has 0 bridgehead atoms. The normalized spacial score (nSPS) is 26.6. The molecule has 1 aliphatic carbocycles. The molecule has 2 N–H and O–H groups in total. The van der Waals surface area contributed by atoms with Crippen LogP contribution in [-0.4, -0.2) is 41.5 Å². The van der Waals surface area contributed by atoms with Gasteiger partial charge in [0.25, 0.3) is 0 Å². The standard InChI is InChI=1S/C8H12F2O6S/c9-8(10,17(13,14)15)7(12)16-6-3-1-2-5(11)4-6/h5-6,11H,1-4H2,(H,13,14,15). The van der Waals surface area contributed by atoms with Gasteiger partial charge in [-0.1, -0.05) is 0 Å². The lowest BCUT2D eigenvalue weighted by molar-refractivity contribution is -0.170. The molecule has 0 saturated heterocycles. The summed E-state index contributed by atoms with van der Waals surface area (Å²) in [5.41, 5.74) is 0. The van der Waals surface area contributed by atoms with Crippen LogP contribution in [0.1, 0.15) is 25.7 Å². The maximum Gasteiger partial charge on any atom is 0.465 e. The smallest absolute Gasteiger partial charge is 0.457 e. The predicted octanol–water partition coefficient (Wildman–Crippen LogP) is 0.314. The highest BCUT2D eigenvalue weighted by molar-refractivity contribution is 7.87. The first-order chi connectivity index (χ1) is 7.64. The van der Waals surface area contributed by atoms with Crippen molar-refractivity contribution in [2.75, 3.05) is 0 Å². The molecule has 2 atom stereocenters. The number of alkyl halides is 2. The number of hydrogen-bond donors (Lipinski definition) is 2. The van der Waals surface area contributed by atoms with E-state index in [9.17, 15) is 27.1 Å². The minimum atomic E-state index is -5.84. The Labute approximate surface area is 96.3 Å². The van der Waals surface area contributed by atoms with E-state index < -0.39 is 33.5 Å². The third kappa shape index (κ3) is 3.33. The molecule has 0 aromatic rings. The Hall–Kier alpha value is -0.800. The van der Waals surface area contributed by atoms with Crippen molar-refractivity contribution < 1.29 is 36.4 Å². The molecule has 0 heterocycles. The number of carbonyl (C=O) groups excluding carboxylic acids is 1. The molecule has 1 fully saturated rings. The first kappa shape index (κ1) is 14.3. The second-order valence-electron chi connectivity index (χ2n) is 3.84. The highest BCUT2D eigenvalue weighted by atomic mass is 32.2. The maximum atomic E-state index is 12.8. The Balaban J connectivity index is 2.66. The van der Waals surface area contributed by atoms with Crippen LogP contribution < -0.4 is 0 Å². The third-order valence-electron chi connectivity index (χ3n) is 2.43. The Morgan fingerprint density at radius 2 is 1.94 bits per heavy atom. The van der Waals surface area contributed by atoms with Gasteiger partial charge in [-0.2, -0.15) is 17.2 Å². The zero-order chi connectivity index (χ0) is 13.3. The Morgan fingerprint density at radius 1 is 1.35 bits per heavy atom. The molecule has 100 valence electrons. The summed E-state index contributed by atoms with van der Waals surface area (Å²) in [5.74, 6) is -2.32. The van der Waals surface area contributed by atoms with Crippen molar-refractivity contribution in [2.45, 2.75) is 43.1 Å². The Bertz CT molecular complexity index is 393. The van der Waals surface area contributed by atoms with Crippen molar-refractivity contribution in [3.63, 3.8) is 0 Å². The molecule has 1 saturated carbocycles. The summed E-state index contributed by atoms with van der Waals surface area (Å²) < 4.78 is 58.5. The fourth-order valence-electron chi connectivity index (χ4n) is 1.55. The Kier molecular flexibility index (Phi) is 4.05. The predicted molar refractivity (Wildman–Crippen MR) is 50.9 cm³/mol. The van der Waals surface area contributed by atoms with Gasteiger partial charge in [-0.3, -0.25) is 4.55 Å². The van der Waals surface area contributed by atoms with E-state index in [1.165, 1.54) is 0 Å². The number of rotatable bonds is 3. The van der Waals surface area contributed by atoms with Crippen LogP contribution in [0.15, 0.2) is 0 Å². The van der Waals surface area contributed by atoms with Crippen molar-refractivity contribution in [1.82, 2.24) is 0 Å². The third-order valence-corrected chi connectivity index (χ3v) is 3.25. The monoisotopic (exact) mass is 274 g/mol. The van der Waals surface area contributed by atoms with Gasteiger partial charge in [0.15, 0.2) is 0 Å². The molecule has 0 spiro atoms. The van der Waals surface area contributed by atoms with Gasteiger partial charge in [0, 0.05) is 6.42 Å². The quantitative estimate of drug-likeness (QED) is 0.567. The number of hydrogen-bond acceptors (Lipinski definition) is 5. The lowest BCUT2D eigenvalue weighted by atomic mass is 9.95. The largest absolute Gasteiger partial charge is 0.465 e. The summed E-state index contributed by atoms with van der Waals surface area (Å²) in [6.45, 7) is 0. The molecule has 0 aromatic carbocycles. The van der Waals surface area contributed by atoms with E-state index in [0.717, 1.165) is 0 Å². The first-order valence-electron chi connectivity index (χ1n) is 4.88. The second kappa shape index (κ2) is 4.83. The van der Waals surface area contributed by atoms with Crippen LogP contribution in [0.4, 0.5) is 8.78 Å². The van der Waals surface area contributed by atoms with Crippen LogP contribution in [0.2, 0.25) is 0 Å². The van der Waals surface area contributed by atoms with Crippen molar-refractivity contribution in [3.05, 3.63) is 0 Å². The van der Waals surface area contributed by atoms with Crippen LogP contribution in [0.5, 0.6) is 0 Å². The molecular weight excluding hydrogens is 262 g/mol. The molecular formula is C8H12F2O6S. The van der Waals surface area contributed by atoms with E-state index in [1.807, 2.05) is 0 Å². The van der Waals surface area contributed by atoms with Gasteiger partial charge in [-0.15, -0.1) is 0 Å². The zero-order valence-corrected chi connectivity index (χ0v) is 9.49. The van der Waals surface area contributed by atoms with Crippen LogP contribution in [-0.2, 0) is 19.6 Å². The molecule has 9 heteroatoms. The minimum Gasteiger partial charge on any atom is -0.457 e. The molecule has 6 nitrogen and oxygen atoms in total. The number of aliphatic hydroxyl groups excluding tert-OH is 1. The molecule has 17 heavy (non-hydrogen) atoms. The first-order valence-corrected chi connectivity index (χ1v) is 6.32. The van der Waals surface area contributed by atoms with Crippen molar-refractivity contribution in [3.8, 4) is 0 Å². The van der Waals surface area contributed by atoms with E-state index in [-0.39, 0.29) is 12.8 Å². The molecule has 0 amide bonds. The SMILES string of the molecule is O=C(OC1CCCC(O)C1)C(F)(F)S(=O)(=O)O. The fourth-order valence-corrected chi connectivity index (χ4v) is 1.81. The molecule has 0 aliphatic heterocycles. The molecule has 0 radical (unpaired) electrons. The average Bonchev–Trinajstić information content (AvgIpc) is 2.15. The highest BCUT2D eigenvalue weighted by Crippen LogP contribution is 2.27. The summed E-state index contributed by atoms with van der Waals surface area (Å²) in [4.78, 5) is 10.9. The van der Waals surface area contributed by atoms with E-state index in [2.05, 4.69) is 4.74 Å². The van der Waals surface area contributed by atoms with Gasteiger partial charge >= 0.3 is 21.3 Å². The van der Waals surface area contributed by atoms with Gasteiger partial charge < -0.3 is 9.84 Å². The second-order valence-corrected chi connectivity index (χ2v) is 5.30. The molecule has 2 unspecified atom stereocenters. The number of esters is 1. The molecule has 0 aromatic heterocycles. The van der Waals surface area contributed by atoms with Gasteiger partial charge in [0.2, 0.25) is 0 Å². The van der Waals surface area contributed by atoms with Gasteiger partial charge in [0.1, 0.15) is 6.10 Å². The molecule has 1 aliphatic rings. The summed E-state index contributed by atoms with van der Waals surface area (Å²) >= 11 is 0. The molecule has 1 rings (SSSR count). The average molecular weight is 274 g/mol. The van der Waals surface area contributed by atoms with Crippen LogP contribution in [0.3, 0.4) is 0 Å². The topological polar surface area (TPSA) is 101 Å². The van der Waals surface area contributed by atoms with E-state index >= 15 is 0 Å². The number of aliphatic hydroxyl groups is 1. The van der Waals surface area contributed by atoms with Crippen molar-refractivity contribution >= 4 is 16.1 Å². The highest BCUT2D eigenvalue weighted by Gasteiger charge is 2.54. The number of halogens is 2. The van der Waals surface area contributed by atoms with Crippen LogP contribution in [0.25, 0.3) is 0 Å². The number of ether oxygens (including phenoxy) is 1. The Morgan fingerprint density at radius 3 is 2.41 bits per heavy atom. The van der Waals surface area contributed by atoms with Gasteiger partial charge in [-0.05, 0) is 19.3 Å². The number of carbonyl (C=O) groups is 1. The summed E-state index contributed by atoms with van der Waals surface area (Å²) in [6.07, 6.45) is -0.517. The lowest BCUT2D eigenvalue weighted by Gasteiger charge is -2.26. The summed E-state index contributed by atoms with van der Waals surface area (Å²) in [6, 6.07) is 0. The van der Waals surface area contributed by atoms with E-state index in [0.29, 0.717) is 12.8 Å². The zero-order valence-electron chi connectivity index (χ0n) is 8.67. The van der Waals surface area contributed by atoms with E-state index in [4.69, 9.17) is 4.55 Å². The van der Waals surface area contributed by atoms with Gasteiger partial charge in [0.05, 0.1) is 6.10 Å². The van der Waals surface area contributed by atoms with Crippen molar-refractivity contribution in [2.24, 2.45) is 0 Å². The van der Waals surface area contributed by atoms with E-state index in [1.54, 1.807) is 0 Å². The minimum absolute atomic E-state index is 0.0205. The van der Waals surface area contributed by atoms with Crippen LogP contribution >= 0.6 is 0 Å². The maximum absolute atomic E-state index is 12.8. The van der Waals surface area contributed by atoms with Crippen molar-refractivity contribution in [1.29, 1.82) is 0 Å². The fraction of sp³-hybridized carbons (Fsp3) is 0.875. The lowest BCUT2D eigenvalue weighted by Crippen LogP contribution is -2.41.